The molecule has 0 aliphatic carbocycles. The van der Waals surface area contributed by atoms with Gasteiger partial charge in [-0.15, -0.1) is 0 Å². The number of nitrogens with zero attached hydrogens (tertiary/aromatic N) is 2. The number of amides is 2. The minimum atomic E-state index is -3.11. The van der Waals surface area contributed by atoms with Gasteiger partial charge in [-0.1, -0.05) is 24.3 Å². The summed E-state index contributed by atoms with van der Waals surface area (Å²) in [4.78, 5) is 20.0. The van der Waals surface area contributed by atoms with Crippen molar-refractivity contribution in [1.29, 1.82) is 0 Å². The summed E-state index contributed by atoms with van der Waals surface area (Å²) >= 11 is 0. The Morgan fingerprint density at radius 1 is 1.08 bits per heavy atom. The molecule has 1 aromatic carbocycles. The average molecular weight is 526 g/mol. The van der Waals surface area contributed by atoms with Crippen molar-refractivity contribution in [3.05, 3.63) is 53.3 Å². The summed E-state index contributed by atoms with van der Waals surface area (Å²) in [5.41, 5.74) is 1.75. The van der Waals surface area contributed by atoms with Crippen molar-refractivity contribution in [3.8, 4) is 5.75 Å². The molecule has 36 heavy (non-hydrogen) atoms. The highest BCUT2D eigenvalue weighted by Gasteiger charge is 2.36. The predicted molar refractivity (Wildman–Crippen MR) is 131 cm³/mol. The van der Waals surface area contributed by atoms with E-state index in [4.69, 9.17) is 9.47 Å². The van der Waals surface area contributed by atoms with Gasteiger partial charge >= 0.3 is 6.03 Å². The zero-order valence-corrected chi connectivity index (χ0v) is 21.4. The number of aromatic nitrogens is 1. The Morgan fingerprint density at radius 3 is 2.39 bits per heavy atom. The first-order valence-corrected chi connectivity index (χ1v) is 13.9. The van der Waals surface area contributed by atoms with Crippen molar-refractivity contribution in [2.45, 2.75) is 31.1 Å². The molecule has 2 atom stereocenters. The first-order chi connectivity index (χ1) is 17.1. The van der Waals surface area contributed by atoms with Gasteiger partial charge in [0.05, 0.1) is 18.1 Å². The fraction of sp³-hybridized carbons (Fsp3) is 0.560. The van der Waals surface area contributed by atoms with Gasteiger partial charge in [-0.05, 0) is 12.0 Å². The molecule has 4 rings (SSSR count). The molecule has 2 aromatic rings. The number of sulfone groups is 1. The minimum Gasteiger partial charge on any atom is -0.490 e. The van der Waals surface area contributed by atoms with Gasteiger partial charge in [0.2, 0.25) is 0 Å². The molecule has 2 saturated heterocycles. The summed E-state index contributed by atoms with van der Waals surface area (Å²) in [5, 5.41) is 0. The Bertz CT molecular complexity index is 1130. The summed E-state index contributed by atoms with van der Waals surface area (Å²) in [6.07, 6.45) is 2.49. The average Bonchev–Trinajstić information content (AvgIpc) is 3.32. The highest BCUT2D eigenvalue weighted by atomic mass is 32.2. The molecule has 2 unspecified atom stereocenters. The van der Waals surface area contributed by atoms with E-state index in [1.54, 1.807) is 35.2 Å². The molecule has 0 radical (unpaired) electrons. The van der Waals surface area contributed by atoms with Crippen LogP contribution in [0.1, 0.15) is 42.0 Å². The van der Waals surface area contributed by atoms with E-state index in [1.807, 2.05) is 6.07 Å². The maximum atomic E-state index is 13.7. The maximum Gasteiger partial charge on any atom is 0.320 e. The van der Waals surface area contributed by atoms with Gasteiger partial charge in [0.15, 0.2) is 9.84 Å². The highest BCUT2D eigenvalue weighted by molar-refractivity contribution is 7.91. The zero-order chi connectivity index (χ0) is 25.9. The van der Waals surface area contributed by atoms with Gasteiger partial charge in [0, 0.05) is 75.6 Å². The molecule has 3 heterocycles. The number of hydrogen-bond donors (Lipinski definition) is 1. The Hall–Kier alpha value is -2.66. The molecule has 2 fully saturated rings. The van der Waals surface area contributed by atoms with E-state index in [2.05, 4.69) is 4.98 Å². The first kappa shape index (κ1) is 26.4. The zero-order valence-electron chi connectivity index (χ0n) is 20.6. The van der Waals surface area contributed by atoms with Crippen LogP contribution in [0.25, 0.3) is 0 Å². The number of carbonyl (C=O) groups excluding carboxylic acids is 1. The van der Waals surface area contributed by atoms with Crippen LogP contribution in [0.4, 0.5) is 13.6 Å². The molecule has 8 nitrogen and oxygen atoms in total. The van der Waals surface area contributed by atoms with Gasteiger partial charge in [-0.3, -0.25) is 0 Å². The molecule has 2 aliphatic rings. The number of carbonyl (C=O) groups is 1. The first-order valence-electron chi connectivity index (χ1n) is 12.1. The molecule has 2 aliphatic heterocycles. The monoisotopic (exact) mass is 525 g/mol. The summed E-state index contributed by atoms with van der Waals surface area (Å²) in [6.45, 7) is 2.99. The molecule has 0 saturated carbocycles. The highest BCUT2D eigenvalue weighted by Crippen LogP contribution is 2.38. The Kier molecular flexibility index (Phi) is 7.89. The van der Waals surface area contributed by atoms with Crippen LogP contribution in [-0.2, 0) is 20.5 Å². The number of halogens is 2. The van der Waals surface area contributed by atoms with Gasteiger partial charge < -0.3 is 24.3 Å². The number of alkyl halides is 2. The van der Waals surface area contributed by atoms with Crippen LogP contribution < -0.4 is 4.74 Å². The third-order valence-corrected chi connectivity index (χ3v) is 8.51. The Balaban J connectivity index is 1.55. The molecule has 198 valence electrons. The van der Waals surface area contributed by atoms with E-state index in [9.17, 15) is 22.0 Å². The SMILES string of the molecule is COCCOc1c[nH]c(C2CC(c3ccc(C(C)(F)F)cc3)CN(C(=O)N3CCS(=O)(=O)CC3)C2)c1. The van der Waals surface area contributed by atoms with Crippen LogP contribution in [-0.4, -0.2) is 87.2 Å². The number of piperidine rings is 1. The largest absolute Gasteiger partial charge is 0.490 e. The molecule has 0 spiro atoms. The molecular weight excluding hydrogens is 492 g/mol. The number of nitrogens with one attached hydrogen (secondary N) is 1. The Morgan fingerprint density at radius 2 is 1.75 bits per heavy atom. The number of H-pyrrole nitrogens is 1. The third kappa shape index (κ3) is 6.36. The van der Waals surface area contributed by atoms with Gasteiger partial charge in [0.1, 0.15) is 12.4 Å². The lowest BCUT2D eigenvalue weighted by Gasteiger charge is -2.41. The second-order valence-electron chi connectivity index (χ2n) is 9.60. The number of rotatable bonds is 7. The van der Waals surface area contributed by atoms with Crippen LogP contribution in [0.5, 0.6) is 5.75 Å². The van der Waals surface area contributed by atoms with E-state index < -0.39 is 15.8 Å². The number of aromatic amines is 1. The lowest BCUT2D eigenvalue weighted by atomic mass is 9.82. The molecule has 11 heteroatoms. The van der Waals surface area contributed by atoms with Crippen LogP contribution in [0, 0.1) is 0 Å². The fourth-order valence-corrected chi connectivity index (χ4v) is 6.03. The summed E-state index contributed by atoms with van der Waals surface area (Å²) in [7, 11) is -1.51. The molecule has 1 aromatic heterocycles. The molecular formula is C25H33F2N3O5S. The van der Waals surface area contributed by atoms with Crippen LogP contribution in [0.15, 0.2) is 36.5 Å². The van der Waals surface area contributed by atoms with Crippen molar-refractivity contribution in [3.63, 3.8) is 0 Å². The second-order valence-corrected chi connectivity index (χ2v) is 11.9. The number of ether oxygens (including phenoxy) is 2. The standard InChI is InChI=1S/C25H33F2N3O5S/c1-25(26,27)21-5-3-18(4-6-21)19-13-20(23-14-22(15-28-23)35-10-9-34-2)17-30(16-19)24(31)29-7-11-36(32,33)12-8-29/h3-6,14-15,19-20,28H,7-13,16-17H2,1-2H3. The summed E-state index contributed by atoms with van der Waals surface area (Å²) in [5.74, 6) is -2.42. The third-order valence-electron chi connectivity index (χ3n) is 6.90. The minimum absolute atomic E-state index is 0.0340. The van der Waals surface area contributed by atoms with Crippen molar-refractivity contribution in [2.24, 2.45) is 0 Å². The smallest absolute Gasteiger partial charge is 0.320 e. The van der Waals surface area contributed by atoms with E-state index in [-0.39, 0.29) is 48.0 Å². The Labute approximate surface area is 210 Å². The quantitative estimate of drug-likeness (QED) is 0.558. The number of hydrogen-bond acceptors (Lipinski definition) is 5. The topological polar surface area (TPSA) is 91.9 Å². The van der Waals surface area contributed by atoms with E-state index in [0.29, 0.717) is 32.1 Å². The predicted octanol–water partition coefficient (Wildman–Crippen LogP) is 3.58. The van der Waals surface area contributed by atoms with E-state index in [1.165, 1.54) is 12.1 Å². The van der Waals surface area contributed by atoms with Crippen molar-refractivity contribution < 1.29 is 31.5 Å². The maximum absolute atomic E-state index is 13.7. The summed E-state index contributed by atoms with van der Waals surface area (Å²) in [6, 6.07) is 8.03. The molecule has 2 amide bonds. The van der Waals surface area contributed by atoms with Gasteiger partial charge in [-0.25, -0.2) is 22.0 Å². The van der Waals surface area contributed by atoms with Gasteiger partial charge in [-0.2, -0.15) is 0 Å². The van der Waals surface area contributed by atoms with E-state index in [0.717, 1.165) is 24.6 Å². The number of benzene rings is 1. The lowest BCUT2D eigenvalue weighted by molar-refractivity contribution is 0.0174. The van der Waals surface area contributed by atoms with Crippen LogP contribution in [0.2, 0.25) is 0 Å². The number of methoxy groups -OCH3 is 1. The number of likely N-dealkylation sites (tertiary alicyclic amines) is 1. The van der Waals surface area contributed by atoms with Crippen molar-refractivity contribution in [2.75, 3.05) is 58.0 Å². The molecule has 0 bridgehead atoms. The van der Waals surface area contributed by atoms with Crippen LogP contribution >= 0.6 is 0 Å². The second kappa shape index (κ2) is 10.8. The lowest BCUT2D eigenvalue weighted by Crippen LogP contribution is -2.53. The van der Waals surface area contributed by atoms with E-state index >= 15 is 0 Å². The molecule has 1 N–H and O–H groups in total. The number of urea groups is 1. The summed E-state index contributed by atoms with van der Waals surface area (Å²) < 4.78 is 61.8. The fourth-order valence-electron chi connectivity index (χ4n) is 4.83. The van der Waals surface area contributed by atoms with Crippen molar-refractivity contribution in [1.82, 2.24) is 14.8 Å². The van der Waals surface area contributed by atoms with Crippen LogP contribution in [0.3, 0.4) is 0 Å². The van der Waals surface area contributed by atoms with Crippen molar-refractivity contribution >= 4 is 15.9 Å². The van der Waals surface area contributed by atoms with Gasteiger partial charge in [0.25, 0.3) is 5.92 Å². The normalized spacial score (nSPS) is 22.4.